The Bertz CT molecular complexity index is 244. The molecule has 1 unspecified atom stereocenters. The molecular weight excluding hydrogens is 186 g/mol. The summed E-state index contributed by atoms with van der Waals surface area (Å²) < 4.78 is 5.62. The van der Waals surface area contributed by atoms with Crippen molar-refractivity contribution in [3.05, 3.63) is 30.3 Å². The third-order valence-corrected chi connectivity index (χ3v) is 2.61. The summed E-state index contributed by atoms with van der Waals surface area (Å²) in [7, 11) is 2.02. The van der Waals surface area contributed by atoms with Gasteiger partial charge < -0.3 is 10.1 Å². The monoisotopic (exact) mass is 207 g/mol. The molecule has 0 spiro atoms. The first kappa shape index (κ1) is 12.1. The molecular formula is C13H21NO. The van der Waals surface area contributed by atoms with Crippen molar-refractivity contribution >= 4 is 0 Å². The molecule has 1 rings (SSSR count). The highest BCUT2D eigenvalue weighted by Gasteiger charge is 2.01. The standard InChI is InChI=1S/C13H21NO/c1-3-12(14-2)8-7-11-15-13-9-5-4-6-10-13/h4-6,9-10,12,14H,3,7-8,11H2,1-2H3. The van der Waals surface area contributed by atoms with Gasteiger partial charge in [0.2, 0.25) is 0 Å². The van der Waals surface area contributed by atoms with Gasteiger partial charge in [-0.3, -0.25) is 0 Å². The Balaban J connectivity index is 2.12. The Morgan fingerprint density at radius 2 is 2.00 bits per heavy atom. The molecule has 0 fully saturated rings. The molecule has 1 aromatic carbocycles. The Morgan fingerprint density at radius 1 is 1.27 bits per heavy atom. The summed E-state index contributed by atoms with van der Waals surface area (Å²) in [4.78, 5) is 0. The predicted molar refractivity (Wildman–Crippen MR) is 64.3 cm³/mol. The van der Waals surface area contributed by atoms with Crippen LogP contribution in [0.3, 0.4) is 0 Å². The van der Waals surface area contributed by atoms with Crippen molar-refractivity contribution in [3.8, 4) is 5.75 Å². The fraction of sp³-hybridized carbons (Fsp3) is 0.538. The van der Waals surface area contributed by atoms with Crippen LogP contribution in [0.1, 0.15) is 26.2 Å². The number of hydrogen-bond acceptors (Lipinski definition) is 2. The number of rotatable bonds is 7. The van der Waals surface area contributed by atoms with Crippen molar-refractivity contribution in [1.82, 2.24) is 5.32 Å². The molecule has 2 heteroatoms. The predicted octanol–water partition coefficient (Wildman–Crippen LogP) is 2.84. The number of ether oxygens (including phenoxy) is 1. The van der Waals surface area contributed by atoms with Crippen molar-refractivity contribution in [2.75, 3.05) is 13.7 Å². The van der Waals surface area contributed by atoms with E-state index in [-0.39, 0.29) is 0 Å². The Labute approximate surface area is 92.6 Å². The summed E-state index contributed by atoms with van der Waals surface area (Å²) in [5.74, 6) is 0.968. The maximum atomic E-state index is 5.62. The molecule has 15 heavy (non-hydrogen) atoms. The molecule has 0 saturated heterocycles. The van der Waals surface area contributed by atoms with Crippen molar-refractivity contribution in [2.45, 2.75) is 32.2 Å². The van der Waals surface area contributed by atoms with Crippen molar-refractivity contribution < 1.29 is 4.74 Å². The van der Waals surface area contributed by atoms with E-state index in [2.05, 4.69) is 12.2 Å². The van der Waals surface area contributed by atoms with Crippen LogP contribution >= 0.6 is 0 Å². The zero-order valence-electron chi connectivity index (χ0n) is 9.70. The third kappa shape index (κ3) is 4.84. The van der Waals surface area contributed by atoms with Crippen LogP contribution in [-0.4, -0.2) is 19.7 Å². The lowest BCUT2D eigenvalue weighted by Crippen LogP contribution is -2.24. The van der Waals surface area contributed by atoms with Crippen LogP contribution in [0, 0.1) is 0 Å². The van der Waals surface area contributed by atoms with Gasteiger partial charge >= 0.3 is 0 Å². The van der Waals surface area contributed by atoms with Crippen LogP contribution in [-0.2, 0) is 0 Å². The molecule has 0 amide bonds. The van der Waals surface area contributed by atoms with Crippen LogP contribution in [0.5, 0.6) is 5.75 Å². The number of nitrogens with one attached hydrogen (secondary N) is 1. The van der Waals surface area contributed by atoms with E-state index < -0.39 is 0 Å². The summed E-state index contributed by atoms with van der Waals surface area (Å²) in [5, 5.41) is 3.29. The summed E-state index contributed by atoms with van der Waals surface area (Å²) >= 11 is 0. The molecule has 0 aliphatic rings. The minimum absolute atomic E-state index is 0.629. The average Bonchev–Trinajstić information content (AvgIpc) is 2.31. The van der Waals surface area contributed by atoms with Crippen molar-refractivity contribution in [2.24, 2.45) is 0 Å². The first-order valence-electron chi connectivity index (χ1n) is 5.72. The highest BCUT2D eigenvalue weighted by Crippen LogP contribution is 2.09. The molecule has 1 N–H and O–H groups in total. The molecule has 0 aliphatic carbocycles. The quantitative estimate of drug-likeness (QED) is 0.694. The fourth-order valence-corrected chi connectivity index (χ4v) is 1.59. The first-order valence-corrected chi connectivity index (χ1v) is 5.72. The maximum Gasteiger partial charge on any atom is 0.119 e. The molecule has 0 heterocycles. The van der Waals surface area contributed by atoms with E-state index in [9.17, 15) is 0 Å². The average molecular weight is 207 g/mol. The van der Waals surface area contributed by atoms with Crippen LogP contribution in [0.15, 0.2) is 30.3 Å². The summed E-state index contributed by atoms with van der Waals surface area (Å²) in [6, 6.07) is 10.6. The lowest BCUT2D eigenvalue weighted by Gasteiger charge is -2.13. The molecule has 84 valence electrons. The van der Waals surface area contributed by atoms with E-state index in [1.165, 1.54) is 12.8 Å². The van der Waals surface area contributed by atoms with E-state index in [0.29, 0.717) is 6.04 Å². The van der Waals surface area contributed by atoms with Crippen molar-refractivity contribution in [3.63, 3.8) is 0 Å². The maximum absolute atomic E-state index is 5.62. The van der Waals surface area contributed by atoms with Crippen LogP contribution < -0.4 is 10.1 Å². The molecule has 1 aromatic rings. The zero-order chi connectivity index (χ0) is 10.9. The molecule has 0 radical (unpaired) electrons. The number of para-hydroxylation sites is 1. The molecule has 0 saturated carbocycles. The van der Waals surface area contributed by atoms with E-state index >= 15 is 0 Å². The van der Waals surface area contributed by atoms with Gasteiger partial charge in [-0.15, -0.1) is 0 Å². The highest BCUT2D eigenvalue weighted by molar-refractivity contribution is 5.20. The van der Waals surface area contributed by atoms with Crippen molar-refractivity contribution in [1.29, 1.82) is 0 Å². The molecule has 0 aromatic heterocycles. The zero-order valence-corrected chi connectivity index (χ0v) is 9.70. The van der Waals surface area contributed by atoms with Gasteiger partial charge in [-0.25, -0.2) is 0 Å². The van der Waals surface area contributed by atoms with Gasteiger partial charge in [0.1, 0.15) is 5.75 Å². The Morgan fingerprint density at radius 3 is 2.60 bits per heavy atom. The van der Waals surface area contributed by atoms with Crippen LogP contribution in [0.2, 0.25) is 0 Å². The van der Waals surface area contributed by atoms with Gasteiger partial charge in [0, 0.05) is 6.04 Å². The van der Waals surface area contributed by atoms with E-state index in [0.717, 1.165) is 18.8 Å². The number of benzene rings is 1. The second-order valence-corrected chi connectivity index (χ2v) is 3.70. The largest absolute Gasteiger partial charge is 0.494 e. The van der Waals surface area contributed by atoms with Gasteiger partial charge in [-0.05, 0) is 38.4 Å². The van der Waals surface area contributed by atoms with Crippen LogP contribution in [0.4, 0.5) is 0 Å². The van der Waals surface area contributed by atoms with Gasteiger partial charge in [0.15, 0.2) is 0 Å². The fourth-order valence-electron chi connectivity index (χ4n) is 1.59. The minimum atomic E-state index is 0.629. The normalized spacial score (nSPS) is 12.4. The second-order valence-electron chi connectivity index (χ2n) is 3.70. The lowest BCUT2D eigenvalue weighted by atomic mass is 10.1. The summed E-state index contributed by atoms with van der Waals surface area (Å²) in [6.07, 6.45) is 3.47. The van der Waals surface area contributed by atoms with Gasteiger partial charge in [-0.1, -0.05) is 25.1 Å². The lowest BCUT2D eigenvalue weighted by molar-refractivity contribution is 0.296. The van der Waals surface area contributed by atoms with Gasteiger partial charge in [0.25, 0.3) is 0 Å². The van der Waals surface area contributed by atoms with E-state index in [1.54, 1.807) is 0 Å². The van der Waals surface area contributed by atoms with Crippen LogP contribution in [0.25, 0.3) is 0 Å². The SMILES string of the molecule is CCC(CCCOc1ccccc1)NC. The molecule has 0 aliphatic heterocycles. The topological polar surface area (TPSA) is 21.3 Å². The van der Waals surface area contributed by atoms with E-state index in [1.807, 2.05) is 37.4 Å². The van der Waals surface area contributed by atoms with Gasteiger partial charge in [0.05, 0.1) is 6.61 Å². The van der Waals surface area contributed by atoms with Gasteiger partial charge in [-0.2, -0.15) is 0 Å². The Hall–Kier alpha value is -1.02. The summed E-state index contributed by atoms with van der Waals surface area (Å²) in [5.41, 5.74) is 0. The smallest absolute Gasteiger partial charge is 0.119 e. The summed E-state index contributed by atoms with van der Waals surface area (Å²) in [6.45, 7) is 3.02. The number of hydrogen-bond donors (Lipinski definition) is 1. The highest BCUT2D eigenvalue weighted by atomic mass is 16.5. The third-order valence-electron chi connectivity index (χ3n) is 2.61. The second kappa shape index (κ2) is 7.30. The molecule has 0 bridgehead atoms. The Kier molecular flexibility index (Phi) is 5.86. The molecule has 1 atom stereocenters. The van der Waals surface area contributed by atoms with E-state index in [4.69, 9.17) is 4.74 Å². The minimum Gasteiger partial charge on any atom is -0.494 e. The molecule has 2 nitrogen and oxygen atoms in total. The first-order chi connectivity index (χ1) is 7.36.